The molecule has 5 nitrogen and oxygen atoms in total. The first-order chi connectivity index (χ1) is 8.03. The minimum atomic E-state index is -4.41. The fourth-order valence-corrected chi connectivity index (χ4v) is 3.26. The highest BCUT2D eigenvalue weighted by atomic mass is 32.2. The Morgan fingerprint density at radius 2 is 1.94 bits per heavy atom. The van der Waals surface area contributed by atoms with Crippen molar-refractivity contribution in [2.24, 2.45) is 0 Å². The molecule has 1 rings (SSSR count). The molecule has 0 saturated carbocycles. The second kappa shape index (κ2) is 4.88. The van der Waals surface area contributed by atoms with Gasteiger partial charge in [0, 0.05) is 6.04 Å². The number of nitrogens with one attached hydrogen (secondary N) is 2. The summed E-state index contributed by atoms with van der Waals surface area (Å²) in [6.45, 7) is 4.12. The smallest absolute Gasteiger partial charge is 0.281 e. The Balaban J connectivity index is 2.90. The Labute approximate surface area is 103 Å². The van der Waals surface area contributed by atoms with Crippen molar-refractivity contribution in [3.8, 4) is 0 Å². The van der Waals surface area contributed by atoms with Gasteiger partial charge in [-0.05, 0) is 20.8 Å². The molecule has 0 radical (unpaired) electrons. The van der Waals surface area contributed by atoms with E-state index in [1.807, 2.05) is 4.72 Å². The number of aromatic nitrogens is 2. The first-order valence-electron chi connectivity index (χ1n) is 5.13. The number of alkyl halides is 3. The standard InChI is InChI=1S/C9H14F3N3O2S/c1-5(4-9(10,11)12)15-18(16,17)8-6(2)13-14-7(8)3/h5,15H,4H2,1-3H3,(H,13,14). The third kappa shape index (κ3) is 3.70. The van der Waals surface area contributed by atoms with E-state index in [0.717, 1.165) is 6.92 Å². The minimum Gasteiger partial charge on any atom is -0.281 e. The molecule has 0 fully saturated rings. The summed E-state index contributed by atoms with van der Waals surface area (Å²) in [4.78, 5) is -0.100. The Kier molecular flexibility index (Phi) is 4.06. The van der Waals surface area contributed by atoms with Crippen molar-refractivity contribution in [3.05, 3.63) is 11.4 Å². The number of aryl methyl sites for hydroxylation is 2. The normalized spacial score (nSPS) is 14.8. The molecule has 0 amide bonds. The van der Waals surface area contributed by atoms with Crippen molar-refractivity contribution in [1.82, 2.24) is 14.9 Å². The molecule has 0 aliphatic rings. The van der Waals surface area contributed by atoms with Crippen LogP contribution in [0, 0.1) is 13.8 Å². The topological polar surface area (TPSA) is 74.8 Å². The van der Waals surface area contributed by atoms with Gasteiger partial charge in [-0.3, -0.25) is 5.10 Å². The highest BCUT2D eigenvalue weighted by Gasteiger charge is 2.33. The van der Waals surface area contributed by atoms with E-state index in [1.165, 1.54) is 13.8 Å². The van der Waals surface area contributed by atoms with Crippen LogP contribution in [0.2, 0.25) is 0 Å². The van der Waals surface area contributed by atoms with Gasteiger partial charge in [0.15, 0.2) is 0 Å². The van der Waals surface area contributed by atoms with E-state index in [2.05, 4.69) is 10.2 Å². The average molecular weight is 285 g/mol. The van der Waals surface area contributed by atoms with Crippen molar-refractivity contribution >= 4 is 10.0 Å². The van der Waals surface area contributed by atoms with Crippen molar-refractivity contribution in [1.29, 1.82) is 0 Å². The number of sulfonamides is 1. The number of hydrogen-bond donors (Lipinski definition) is 2. The van der Waals surface area contributed by atoms with E-state index in [9.17, 15) is 21.6 Å². The van der Waals surface area contributed by atoms with Crippen molar-refractivity contribution < 1.29 is 21.6 Å². The lowest BCUT2D eigenvalue weighted by Crippen LogP contribution is -2.36. The number of rotatable bonds is 4. The SMILES string of the molecule is Cc1n[nH]c(C)c1S(=O)(=O)NC(C)CC(F)(F)F. The maximum Gasteiger partial charge on any atom is 0.390 e. The van der Waals surface area contributed by atoms with Crippen LogP contribution in [0.25, 0.3) is 0 Å². The van der Waals surface area contributed by atoms with Crippen molar-refractivity contribution in [2.75, 3.05) is 0 Å². The zero-order valence-electron chi connectivity index (χ0n) is 10.1. The predicted molar refractivity (Wildman–Crippen MR) is 58.5 cm³/mol. The molecule has 1 unspecified atom stereocenters. The third-order valence-electron chi connectivity index (χ3n) is 2.22. The predicted octanol–water partition coefficient (Wildman–Crippen LogP) is 1.65. The molecule has 0 aliphatic heterocycles. The fourth-order valence-electron chi connectivity index (χ4n) is 1.65. The molecule has 1 aromatic rings. The molecular formula is C9H14F3N3O2S. The van der Waals surface area contributed by atoms with Crippen LogP contribution in [-0.2, 0) is 10.0 Å². The van der Waals surface area contributed by atoms with Gasteiger partial charge in [-0.15, -0.1) is 0 Å². The van der Waals surface area contributed by atoms with Crippen LogP contribution >= 0.6 is 0 Å². The largest absolute Gasteiger partial charge is 0.390 e. The molecule has 0 aliphatic carbocycles. The second-order valence-corrected chi connectivity index (χ2v) is 5.76. The van der Waals surface area contributed by atoms with E-state index in [1.54, 1.807) is 0 Å². The maximum absolute atomic E-state index is 12.1. The van der Waals surface area contributed by atoms with Crippen LogP contribution < -0.4 is 4.72 Å². The minimum absolute atomic E-state index is 0.100. The molecule has 0 saturated heterocycles. The number of aromatic amines is 1. The van der Waals surface area contributed by atoms with E-state index < -0.39 is 28.7 Å². The van der Waals surface area contributed by atoms with Crippen LogP contribution in [0.1, 0.15) is 24.7 Å². The first kappa shape index (κ1) is 15.0. The highest BCUT2D eigenvalue weighted by molar-refractivity contribution is 7.89. The number of hydrogen-bond acceptors (Lipinski definition) is 3. The lowest BCUT2D eigenvalue weighted by atomic mass is 10.2. The average Bonchev–Trinajstić information content (AvgIpc) is 2.41. The summed E-state index contributed by atoms with van der Waals surface area (Å²) < 4.78 is 62.2. The van der Waals surface area contributed by atoms with Crippen molar-refractivity contribution in [3.63, 3.8) is 0 Å². The Morgan fingerprint density at radius 3 is 2.33 bits per heavy atom. The Morgan fingerprint density at radius 1 is 1.39 bits per heavy atom. The van der Waals surface area contributed by atoms with Gasteiger partial charge < -0.3 is 0 Å². The van der Waals surface area contributed by atoms with Gasteiger partial charge >= 0.3 is 6.18 Å². The van der Waals surface area contributed by atoms with Gasteiger partial charge in [-0.25, -0.2) is 13.1 Å². The zero-order valence-corrected chi connectivity index (χ0v) is 10.9. The number of H-pyrrole nitrogens is 1. The van der Waals surface area contributed by atoms with E-state index in [0.29, 0.717) is 5.69 Å². The monoisotopic (exact) mass is 285 g/mol. The van der Waals surface area contributed by atoms with Gasteiger partial charge in [0.2, 0.25) is 10.0 Å². The van der Waals surface area contributed by atoms with Crippen LogP contribution in [0.5, 0.6) is 0 Å². The van der Waals surface area contributed by atoms with E-state index >= 15 is 0 Å². The molecule has 9 heteroatoms. The second-order valence-electron chi connectivity index (χ2n) is 4.10. The van der Waals surface area contributed by atoms with Gasteiger partial charge in [0.05, 0.1) is 17.8 Å². The van der Waals surface area contributed by atoms with Crippen LogP contribution in [-0.4, -0.2) is 30.8 Å². The molecule has 18 heavy (non-hydrogen) atoms. The summed E-state index contributed by atoms with van der Waals surface area (Å²) in [7, 11) is -3.99. The molecule has 2 N–H and O–H groups in total. The molecule has 104 valence electrons. The summed E-state index contributed by atoms with van der Waals surface area (Å²) in [5, 5.41) is 6.17. The molecule has 1 heterocycles. The molecule has 1 atom stereocenters. The van der Waals surface area contributed by atoms with Crippen LogP contribution in [0.4, 0.5) is 13.2 Å². The molecule has 0 spiro atoms. The summed E-state index contributed by atoms with van der Waals surface area (Å²) in [5.74, 6) is 0. The van der Waals surface area contributed by atoms with Crippen LogP contribution in [0.15, 0.2) is 4.90 Å². The van der Waals surface area contributed by atoms with Gasteiger partial charge in [0.1, 0.15) is 4.90 Å². The molecule has 1 aromatic heterocycles. The zero-order chi connectivity index (χ0) is 14.1. The van der Waals surface area contributed by atoms with Crippen LogP contribution in [0.3, 0.4) is 0 Å². The summed E-state index contributed by atoms with van der Waals surface area (Å²) in [6, 6.07) is -1.23. The van der Waals surface area contributed by atoms with Crippen molar-refractivity contribution in [2.45, 2.75) is 44.3 Å². The highest BCUT2D eigenvalue weighted by Crippen LogP contribution is 2.23. The number of halogens is 3. The Hall–Kier alpha value is -1.09. The van der Waals surface area contributed by atoms with Gasteiger partial charge in [-0.2, -0.15) is 18.3 Å². The first-order valence-corrected chi connectivity index (χ1v) is 6.62. The fraction of sp³-hybridized carbons (Fsp3) is 0.667. The van der Waals surface area contributed by atoms with Gasteiger partial charge in [0.25, 0.3) is 0 Å². The summed E-state index contributed by atoms with van der Waals surface area (Å²) in [6.07, 6.45) is -5.63. The van der Waals surface area contributed by atoms with E-state index in [4.69, 9.17) is 0 Å². The lowest BCUT2D eigenvalue weighted by molar-refractivity contribution is -0.137. The lowest BCUT2D eigenvalue weighted by Gasteiger charge is -2.16. The summed E-state index contributed by atoms with van der Waals surface area (Å²) >= 11 is 0. The quantitative estimate of drug-likeness (QED) is 0.883. The third-order valence-corrected chi connectivity index (χ3v) is 4.07. The summed E-state index contributed by atoms with van der Waals surface area (Å²) in [5.41, 5.74) is 0.512. The Bertz CT molecular complexity index is 502. The molecular weight excluding hydrogens is 271 g/mol. The maximum atomic E-state index is 12.1. The molecule has 0 aromatic carbocycles. The number of nitrogens with zero attached hydrogens (tertiary/aromatic N) is 1. The molecule has 0 bridgehead atoms. The van der Waals surface area contributed by atoms with Gasteiger partial charge in [-0.1, -0.05) is 0 Å². The van der Waals surface area contributed by atoms with E-state index in [-0.39, 0.29) is 10.6 Å².